The van der Waals surface area contributed by atoms with Crippen molar-refractivity contribution in [1.82, 2.24) is 4.90 Å². The number of rotatable bonds is 5. The molecule has 0 aliphatic carbocycles. The zero-order valence-corrected chi connectivity index (χ0v) is 8.78. The molecular formula is C10H23N. The van der Waals surface area contributed by atoms with Crippen LogP contribution in [-0.4, -0.2) is 25.0 Å². The van der Waals surface area contributed by atoms with Gasteiger partial charge in [-0.1, -0.05) is 27.7 Å². The Morgan fingerprint density at radius 2 is 1.55 bits per heavy atom. The van der Waals surface area contributed by atoms with E-state index in [9.17, 15) is 0 Å². The van der Waals surface area contributed by atoms with Crippen molar-refractivity contribution in [1.29, 1.82) is 0 Å². The van der Waals surface area contributed by atoms with Crippen LogP contribution in [0.1, 0.15) is 40.5 Å². The molecule has 0 aliphatic heterocycles. The summed E-state index contributed by atoms with van der Waals surface area (Å²) in [5.41, 5.74) is 0.532. The van der Waals surface area contributed by atoms with E-state index < -0.39 is 0 Å². The van der Waals surface area contributed by atoms with Gasteiger partial charge in [0.25, 0.3) is 0 Å². The van der Waals surface area contributed by atoms with Gasteiger partial charge in [0.15, 0.2) is 0 Å². The Morgan fingerprint density at radius 3 is 1.82 bits per heavy atom. The summed E-state index contributed by atoms with van der Waals surface area (Å²) in [7, 11) is 2.20. The first-order valence-electron chi connectivity index (χ1n) is 4.76. The molecule has 0 heterocycles. The van der Waals surface area contributed by atoms with Crippen molar-refractivity contribution >= 4 is 0 Å². The second-order valence-corrected chi connectivity index (χ2v) is 3.85. The summed E-state index contributed by atoms with van der Waals surface area (Å²) in [6, 6.07) is 0. The molecule has 0 fully saturated rings. The van der Waals surface area contributed by atoms with Crippen LogP contribution in [0.15, 0.2) is 0 Å². The zero-order valence-electron chi connectivity index (χ0n) is 8.78. The van der Waals surface area contributed by atoms with Crippen molar-refractivity contribution in [3.8, 4) is 0 Å². The second kappa shape index (κ2) is 4.76. The molecule has 0 spiro atoms. The fraction of sp³-hybridized carbons (Fsp3) is 1.00. The third-order valence-electron chi connectivity index (χ3n) is 2.90. The monoisotopic (exact) mass is 157 g/mol. The fourth-order valence-electron chi connectivity index (χ4n) is 1.24. The van der Waals surface area contributed by atoms with E-state index in [1.807, 2.05) is 0 Å². The molecule has 1 nitrogen and oxygen atoms in total. The van der Waals surface area contributed by atoms with Crippen LogP contribution >= 0.6 is 0 Å². The summed E-state index contributed by atoms with van der Waals surface area (Å²) in [6.07, 6.45) is 2.57. The summed E-state index contributed by atoms with van der Waals surface area (Å²) in [5.74, 6) is 0. The lowest BCUT2D eigenvalue weighted by Crippen LogP contribution is -2.32. The van der Waals surface area contributed by atoms with Crippen molar-refractivity contribution < 1.29 is 0 Å². The van der Waals surface area contributed by atoms with E-state index >= 15 is 0 Å². The van der Waals surface area contributed by atoms with E-state index in [2.05, 4.69) is 39.6 Å². The number of hydrogen-bond acceptors (Lipinski definition) is 1. The molecule has 0 aromatic heterocycles. The molecule has 0 radical (unpaired) electrons. The van der Waals surface area contributed by atoms with Gasteiger partial charge in [-0.3, -0.25) is 0 Å². The highest BCUT2D eigenvalue weighted by molar-refractivity contribution is 4.73. The molecule has 0 aromatic carbocycles. The van der Waals surface area contributed by atoms with E-state index in [1.165, 1.54) is 19.4 Å². The first-order valence-corrected chi connectivity index (χ1v) is 4.76. The Balaban J connectivity index is 3.86. The van der Waals surface area contributed by atoms with Gasteiger partial charge in [0.05, 0.1) is 0 Å². The summed E-state index contributed by atoms with van der Waals surface area (Å²) in [5, 5.41) is 0. The molecule has 0 amide bonds. The summed E-state index contributed by atoms with van der Waals surface area (Å²) < 4.78 is 0. The molecule has 0 aliphatic rings. The van der Waals surface area contributed by atoms with E-state index in [-0.39, 0.29) is 0 Å². The van der Waals surface area contributed by atoms with Crippen LogP contribution in [0, 0.1) is 5.41 Å². The maximum Gasteiger partial charge on any atom is 0.00320 e. The molecule has 11 heavy (non-hydrogen) atoms. The highest BCUT2D eigenvalue weighted by Crippen LogP contribution is 2.25. The van der Waals surface area contributed by atoms with Crippen molar-refractivity contribution in [2.75, 3.05) is 20.1 Å². The normalized spacial score (nSPS) is 12.5. The lowest BCUT2D eigenvalue weighted by atomic mass is 9.84. The molecule has 0 unspecified atom stereocenters. The van der Waals surface area contributed by atoms with Crippen LogP contribution in [0.5, 0.6) is 0 Å². The molecule has 0 aromatic rings. The van der Waals surface area contributed by atoms with Crippen molar-refractivity contribution in [2.45, 2.75) is 40.5 Å². The van der Waals surface area contributed by atoms with Crippen LogP contribution in [0.2, 0.25) is 0 Å². The lowest BCUT2D eigenvalue weighted by Gasteiger charge is -2.31. The predicted molar refractivity (Wildman–Crippen MR) is 51.9 cm³/mol. The van der Waals surface area contributed by atoms with Gasteiger partial charge in [0.2, 0.25) is 0 Å². The molecule has 0 atom stereocenters. The van der Waals surface area contributed by atoms with Gasteiger partial charge in [0.1, 0.15) is 0 Å². The lowest BCUT2D eigenvalue weighted by molar-refractivity contribution is 0.185. The minimum absolute atomic E-state index is 0.532. The summed E-state index contributed by atoms with van der Waals surface area (Å²) in [4.78, 5) is 2.40. The van der Waals surface area contributed by atoms with Gasteiger partial charge in [-0.2, -0.15) is 0 Å². The smallest absolute Gasteiger partial charge is 0.00320 e. The minimum Gasteiger partial charge on any atom is -0.306 e. The minimum atomic E-state index is 0.532. The third kappa shape index (κ3) is 3.76. The van der Waals surface area contributed by atoms with Crippen molar-refractivity contribution in [2.24, 2.45) is 5.41 Å². The van der Waals surface area contributed by atoms with Gasteiger partial charge < -0.3 is 4.90 Å². The maximum atomic E-state index is 2.40. The first kappa shape index (κ1) is 11.0. The molecule has 0 saturated carbocycles. The Hall–Kier alpha value is -0.0400. The highest BCUT2D eigenvalue weighted by atomic mass is 15.1. The Kier molecular flexibility index (Phi) is 4.74. The quantitative estimate of drug-likeness (QED) is 0.593. The molecule has 0 rings (SSSR count). The van der Waals surface area contributed by atoms with Crippen molar-refractivity contribution in [3.63, 3.8) is 0 Å². The standard InChI is InChI=1S/C10H23N/c1-6-10(4,7-2)9-11(5)8-3/h6-9H2,1-5H3. The van der Waals surface area contributed by atoms with Gasteiger partial charge in [-0.05, 0) is 31.8 Å². The topological polar surface area (TPSA) is 3.24 Å². The van der Waals surface area contributed by atoms with Crippen LogP contribution in [-0.2, 0) is 0 Å². The predicted octanol–water partition coefficient (Wildman–Crippen LogP) is 2.76. The van der Waals surface area contributed by atoms with Crippen LogP contribution in [0.25, 0.3) is 0 Å². The summed E-state index contributed by atoms with van der Waals surface area (Å²) in [6.45, 7) is 11.6. The van der Waals surface area contributed by atoms with Gasteiger partial charge in [0, 0.05) is 6.54 Å². The Labute approximate surface area is 71.8 Å². The van der Waals surface area contributed by atoms with Gasteiger partial charge in [-0.25, -0.2) is 0 Å². The largest absolute Gasteiger partial charge is 0.306 e. The van der Waals surface area contributed by atoms with E-state index in [0.29, 0.717) is 5.41 Å². The highest BCUT2D eigenvalue weighted by Gasteiger charge is 2.20. The first-order chi connectivity index (χ1) is 5.08. The Morgan fingerprint density at radius 1 is 1.09 bits per heavy atom. The van der Waals surface area contributed by atoms with Crippen LogP contribution in [0.3, 0.4) is 0 Å². The zero-order chi connectivity index (χ0) is 8.91. The van der Waals surface area contributed by atoms with Crippen LogP contribution in [0.4, 0.5) is 0 Å². The molecule has 0 N–H and O–H groups in total. The Bertz CT molecular complexity index is 95.0. The molecule has 68 valence electrons. The van der Waals surface area contributed by atoms with Gasteiger partial charge in [-0.15, -0.1) is 0 Å². The van der Waals surface area contributed by atoms with E-state index in [0.717, 1.165) is 6.54 Å². The third-order valence-corrected chi connectivity index (χ3v) is 2.90. The average molecular weight is 157 g/mol. The molecule has 1 heteroatoms. The number of nitrogens with zero attached hydrogens (tertiary/aromatic N) is 1. The maximum absolute atomic E-state index is 2.40. The summed E-state index contributed by atoms with van der Waals surface area (Å²) >= 11 is 0. The van der Waals surface area contributed by atoms with E-state index in [1.54, 1.807) is 0 Å². The second-order valence-electron chi connectivity index (χ2n) is 3.85. The number of hydrogen-bond donors (Lipinski definition) is 0. The molecule has 0 bridgehead atoms. The molecular weight excluding hydrogens is 134 g/mol. The molecule has 0 saturated heterocycles. The SMILES string of the molecule is CCN(C)CC(C)(CC)CC. The fourth-order valence-corrected chi connectivity index (χ4v) is 1.24. The van der Waals surface area contributed by atoms with Crippen LogP contribution < -0.4 is 0 Å². The van der Waals surface area contributed by atoms with Gasteiger partial charge >= 0.3 is 0 Å². The van der Waals surface area contributed by atoms with E-state index in [4.69, 9.17) is 0 Å². The average Bonchev–Trinajstić information content (AvgIpc) is 2.04. The van der Waals surface area contributed by atoms with Crippen molar-refractivity contribution in [3.05, 3.63) is 0 Å².